The van der Waals surface area contributed by atoms with Crippen molar-refractivity contribution in [2.45, 2.75) is 53.6 Å². The average molecular weight is 324 g/mol. The van der Waals surface area contributed by atoms with Crippen LogP contribution in [0.2, 0.25) is 6.04 Å². The molecule has 0 aliphatic carbocycles. The second kappa shape index (κ2) is 11.5. The Morgan fingerprint density at radius 1 is 0.619 bits per heavy atom. The summed E-state index contributed by atoms with van der Waals surface area (Å²) in [7, 11) is -2.71. The highest BCUT2D eigenvalue weighted by molar-refractivity contribution is 6.60. The first-order chi connectivity index (χ1) is 10.1. The van der Waals surface area contributed by atoms with Crippen LogP contribution in [0.15, 0.2) is 0 Å². The van der Waals surface area contributed by atoms with Crippen molar-refractivity contribution in [2.24, 2.45) is 0 Å². The highest BCUT2D eigenvalue weighted by Gasteiger charge is 2.43. The molecule has 0 rings (SSSR count). The van der Waals surface area contributed by atoms with Crippen molar-refractivity contribution in [2.75, 3.05) is 39.6 Å². The van der Waals surface area contributed by atoms with E-state index in [4.69, 9.17) is 27.5 Å². The van der Waals surface area contributed by atoms with Crippen molar-refractivity contribution in [1.82, 2.24) is 0 Å². The lowest BCUT2D eigenvalue weighted by atomic mass is 10.5. The lowest BCUT2D eigenvalue weighted by molar-refractivity contribution is -0.387. The smallest absolute Gasteiger partial charge is 0.374 e. The Morgan fingerprint density at radius 2 is 1.05 bits per heavy atom. The van der Waals surface area contributed by atoms with Crippen LogP contribution >= 0.6 is 0 Å². The minimum atomic E-state index is -2.71. The van der Waals surface area contributed by atoms with E-state index in [-0.39, 0.29) is 6.61 Å². The summed E-state index contributed by atoms with van der Waals surface area (Å²) in [5.41, 5.74) is 0. The lowest BCUT2D eigenvalue weighted by Crippen LogP contribution is -2.52. The fraction of sp³-hybridized carbons (Fsp3) is 1.00. The molecule has 0 atom stereocenters. The maximum absolute atomic E-state index is 6.00. The van der Waals surface area contributed by atoms with Crippen molar-refractivity contribution in [3.63, 3.8) is 0 Å². The molecule has 0 fully saturated rings. The summed E-state index contributed by atoms with van der Waals surface area (Å²) >= 11 is 0. The van der Waals surface area contributed by atoms with Gasteiger partial charge in [0.15, 0.2) is 0 Å². The van der Waals surface area contributed by atoms with Crippen LogP contribution in [-0.4, -0.2) is 54.4 Å². The Labute approximate surface area is 130 Å². The van der Waals surface area contributed by atoms with Crippen molar-refractivity contribution in [3.8, 4) is 0 Å². The van der Waals surface area contributed by atoms with Gasteiger partial charge in [-0.2, -0.15) is 0 Å². The third-order valence-corrected chi connectivity index (χ3v) is 5.63. The molecule has 0 spiro atoms. The fourth-order valence-electron chi connectivity index (χ4n) is 1.98. The summed E-state index contributed by atoms with van der Waals surface area (Å²) in [4.78, 5) is 0. The van der Waals surface area contributed by atoms with E-state index in [2.05, 4.69) is 0 Å². The molecule has 0 aliphatic heterocycles. The van der Waals surface area contributed by atoms with Gasteiger partial charge in [0.2, 0.25) is 0 Å². The molecule has 0 bridgehead atoms. The van der Waals surface area contributed by atoms with Gasteiger partial charge < -0.3 is 27.5 Å². The van der Waals surface area contributed by atoms with E-state index in [9.17, 15) is 0 Å². The molecule has 0 aliphatic rings. The Morgan fingerprint density at radius 3 is 1.33 bits per heavy atom. The molecule has 0 aromatic rings. The monoisotopic (exact) mass is 324 g/mol. The molecule has 6 nitrogen and oxygen atoms in total. The summed E-state index contributed by atoms with van der Waals surface area (Å²) in [5.74, 6) is -1.19. The second-order valence-electron chi connectivity index (χ2n) is 4.17. The van der Waals surface area contributed by atoms with Crippen LogP contribution in [0.5, 0.6) is 0 Å². The first-order valence-electron chi connectivity index (χ1n) is 7.91. The van der Waals surface area contributed by atoms with E-state index < -0.39 is 14.8 Å². The highest BCUT2D eigenvalue weighted by Crippen LogP contribution is 2.22. The Balaban J connectivity index is 4.94. The SMILES string of the molecule is CCOC(CO[Si](CC)(OCC)OCC)(OCC)OCC. The van der Waals surface area contributed by atoms with Crippen LogP contribution in [0, 0.1) is 0 Å². The Hall–Kier alpha value is -0.0231. The Kier molecular flexibility index (Phi) is 11.5. The number of rotatable bonds is 14. The molecule has 0 radical (unpaired) electrons. The average Bonchev–Trinajstić information content (AvgIpc) is 2.46. The fourth-order valence-corrected chi connectivity index (χ4v) is 4.12. The number of hydrogen-bond acceptors (Lipinski definition) is 6. The van der Waals surface area contributed by atoms with Crippen LogP contribution in [0.25, 0.3) is 0 Å². The van der Waals surface area contributed by atoms with Crippen molar-refractivity contribution in [1.29, 1.82) is 0 Å². The summed E-state index contributed by atoms with van der Waals surface area (Å²) < 4.78 is 34.5. The van der Waals surface area contributed by atoms with E-state index in [1.165, 1.54) is 0 Å². The first kappa shape index (κ1) is 21.0. The van der Waals surface area contributed by atoms with Gasteiger partial charge in [-0.15, -0.1) is 0 Å². The van der Waals surface area contributed by atoms with Gasteiger partial charge in [-0.05, 0) is 34.6 Å². The van der Waals surface area contributed by atoms with E-state index in [1.807, 2.05) is 41.5 Å². The molecule has 0 saturated heterocycles. The van der Waals surface area contributed by atoms with E-state index in [1.54, 1.807) is 0 Å². The second-order valence-corrected chi connectivity index (χ2v) is 7.11. The van der Waals surface area contributed by atoms with Gasteiger partial charge in [-0.1, -0.05) is 6.92 Å². The minimum Gasteiger partial charge on any atom is -0.374 e. The molecular formula is C14H32O6Si. The molecule has 0 unspecified atom stereocenters. The van der Waals surface area contributed by atoms with Gasteiger partial charge in [-0.25, -0.2) is 0 Å². The van der Waals surface area contributed by atoms with Crippen molar-refractivity contribution in [3.05, 3.63) is 0 Å². The summed E-state index contributed by atoms with van der Waals surface area (Å²) in [6.07, 6.45) is 0. The van der Waals surface area contributed by atoms with Gasteiger partial charge in [0.1, 0.15) is 6.61 Å². The van der Waals surface area contributed by atoms with Gasteiger partial charge in [0, 0.05) is 39.1 Å². The van der Waals surface area contributed by atoms with E-state index in [0.29, 0.717) is 39.1 Å². The van der Waals surface area contributed by atoms with Gasteiger partial charge in [0.25, 0.3) is 0 Å². The summed E-state index contributed by atoms with van der Waals surface area (Å²) in [6.45, 7) is 14.2. The van der Waals surface area contributed by atoms with Crippen LogP contribution in [0.4, 0.5) is 0 Å². The quantitative estimate of drug-likeness (QED) is 0.362. The molecule has 7 heteroatoms. The first-order valence-corrected chi connectivity index (χ1v) is 9.84. The third-order valence-electron chi connectivity index (χ3n) is 2.72. The topological polar surface area (TPSA) is 55.4 Å². The van der Waals surface area contributed by atoms with Gasteiger partial charge in [0.05, 0.1) is 0 Å². The van der Waals surface area contributed by atoms with Crippen LogP contribution < -0.4 is 0 Å². The standard InChI is InChI=1S/C14H32O6Si/c1-7-15-14(16-8-2,17-9-3)13-20-21(12-6,18-10-4)19-11-5/h7-13H2,1-6H3. The number of ether oxygens (including phenoxy) is 3. The normalized spacial score (nSPS) is 12.9. The van der Waals surface area contributed by atoms with Gasteiger partial charge >= 0.3 is 14.8 Å². The Bertz CT molecular complexity index is 229. The summed E-state index contributed by atoms with van der Waals surface area (Å²) in [5, 5.41) is 0. The molecule has 0 saturated carbocycles. The number of hydrogen-bond donors (Lipinski definition) is 0. The molecule has 21 heavy (non-hydrogen) atoms. The highest BCUT2D eigenvalue weighted by atomic mass is 28.4. The molecule has 0 aromatic carbocycles. The van der Waals surface area contributed by atoms with Crippen LogP contribution in [-0.2, 0) is 27.5 Å². The third kappa shape index (κ3) is 7.18. The zero-order valence-electron chi connectivity index (χ0n) is 14.4. The lowest BCUT2D eigenvalue weighted by Gasteiger charge is -2.35. The molecule has 128 valence electrons. The molecule has 0 aromatic heterocycles. The predicted molar refractivity (Wildman–Crippen MR) is 83.0 cm³/mol. The molecule has 0 N–H and O–H groups in total. The molecule has 0 heterocycles. The van der Waals surface area contributed by atoms with E-state index >= 15 is 0 Å². The molecule has 0 amide bonds. The van der Waals surface area contributed by atoms with Crippen molar-refractivity contribution < 1.29 is 27.5 Å². The summed E-state index contributed by atoms with van der Waals surface area (Å²) in [6, 6.07) is 0.690. The zero-order chi connectivity index (χ0) is 16.2. The maximum atomic E-state index is 6.00. The minimum absolute atomic E-state index is 0.128. The van der Waals surface area contributed by atoms with Crippen LogP contribution in [0.1, 0.15) is 41.5 Å². The van der Waals surface area contributed by atoms with Crippen LogP contribution in [0.3, 0.4) is 0 Å². The van der Waals surface area contributed by atoms with E-state index in [0.717, 1.165) is 0 Å². The predicted octanol–water partition coefficient (Wildman–Crippen LogP) is 2.80. The maximum Gasteiger partial charge on any atom is 0.500 e. The zero-order valence-corrected chi connectivity index (χ0v) is 15.4. The van der Waals surface area contributed by atoms with Crippen molar-refractivity contribution >= 4 is 8.80 Å². The largest absolute Gasteiger partial charge is 0.500 e. The molecular weight excluding hydrogens is 292 g/mol. The van der Waals surface area contributed by atoms with Gasteiger partial charge in [-0.3, -0.25) is 0 Å².